The number of rotatable bonds is 4. The van der Waals surface area contributed by atoms with Crippen molar-refractivity contribution in [2.45, 2.75) is 0 Å². The van der Waals surface area contributed by atoms with E-state index in [0.717, 1.165) is 0 Å². The van der Waals surface area contributed by atoms with Crippen LogP contribution in [0.2, 0.25) is 0 Å². The van der Waals surface area contributed by atoms with Crippen LogP contribution < -0.4 is 10.6 Å². The van der Waals surface area contributed by atoms with Crippen molar-refractivity contribution in [1.82, 2.24) is 10.6 Å². The second-order valence-electron chi connectivity index (χ2n) is 3.40. The Bertz CT molecular complexity index is 203. The number of quaternary nitrogens is 1. The molecule has 0 aromatic rings. The highest BCUT2D eigenvalue weighted by molar-refractivity contribution is 5.73. The van der Waals surface area contributed by atoms with E-state index < -0.39 is 5.97 Å². The van der Waals surface area contributed by atoms with Crippen molar-refractivity contribution in [2.75, 3.05) is 34.4 Å². The van der Waals surface area contributed by atoms with Gasteiger partial charge in [-0.3, -0.25) is 5.32 Å². The molecule has 0 fully saturated rings. The van der Waals surface area contributed by atoms with Crippen LogP contribution in [-0.4, -0.2) is 55.9 Å². The molecule has 2 amide bonds. The van der Waals surface area contributed by atoms with Gasteiger partial charge in [0.15, 0.2) is 13.2 Å². The molecule has 0 radical (unpaired) electrons. The zero-order chi connectivity index (χ0) is 10.5. The first-order valence-corrected chi connectivity index (χ1v) is 3.87. The van der Waals surface area contributed by atoms with Crippen molar-refractivity contribution < 1.29 is 19.2 Å². The van der Waals surface area contributed by atoms with Crippen LogP contribution in [0.25, 0.3) is 0 Å². The third-order valence-electron chi connectivity index (χ3n) is 1.46. The molecular formula is C7H16N3O3+. The van der Waals surface area contributed by atoms with Gasteiger partial charge < -0.3 is 14.9 Å². The number of urea groups is 1. The maximum atomic E-state index is 10.8. The van der Waals surface area contributed by atoms with Gasteiger partial charge in [-0.15, -0.1) is 0 Å². The Morgan fingerprint density at radius 1 is 1.38 bits per heavy atom. The van der Waals surface area contributed by atoms with Crippen LogP contribution in [0.1, 0.15) is 0 Å². The van der Waals surface area contributed by atoms with E-state index in [0.29, 0.717) is 0 Å². The third-order valence-corrected chi connectivity index (χ3v) is 1.46. The van der Waals surface area contributed by atoms with Gasteiger partial charge in [0.1, 0.15) is 0 Å². The molecule has 0 spiro atoms. The van der Waals surface area contributed by atoms with Gasteiger partial charge in [-0.1, -0.05) is 0 Å². The van der Waals surface area contributed by atoms with E-state index in [9.17, 15) is 9.59 Å². The van der Waals surface area contributed by atoms with Crippen LogP contribution in [0.5, 0.6) is 0 Å². The molecule has 0 atom stereocenters. The summed E-state index contributed by atoms with van der Waals surface area (Å²) in [6.45, 7) is 0.260. The Balaban J connectivity index is 3.88. The van der Waals surface area contributed by atoms with Gasteiger partial charge in [0.05, 0.1) is 14.1 Å². The van der Waals surface area contributed by atoms with Crippen molar-refractivity contribution in [1.29, 1.82) is 0 Å². The molecule has 0 aliphatic heterocycles. The Kier molecular flexibility index (Phi) is 4.19. The van der Waals surface area contributed by atoms with Crippen LogP contribution in [-0.2, 0) is 4.79 Å². The summed E-state index contributed by atoms with van der Waals surface area (Å²) in [7, 11) is 4.96. The molecule has 6 heteroatoms. The molecule has 0 heterocycles. The predicted octanol–water partition coefficient (Wildman–Crippen LogP) is -0.966. The molecule has 0 aromatic heterocycles. The number of aliphatic carboxylic acids is 1. The highest BCUT2D eigenvalue weighted by atomic mass is 16.4. The highest BCUT2D eigenvalue weighted by Gasteiger charge is 2.19. The topological polar surface area (TPSA) is 78.4 Å². The number of hydrogen-bond acceptors (Lipinski definition) is 2. The van der Waals surface area contributed by atoms with Gasteiger partial charge in [-0.2, -0.15) is 0 Å². The van der Waals surface area contributed by atoms with Crippen molar-refractivity contribution in [2.24, 2.45) is 0 Å². The van der Waals surface area contributed by atoms with Crippen LogP contribution in [0.3, 0.4) is 0 Å². The monoisotopic (exact) mass is 190 g/mol. The van der Waals surface area contributed by atoms with E-state index in [4.69, 9.17) is 5.11 Å². The number of carbonyl (C=O) groups is 2. The summed E-state index contributed by atoms with van der Waals surface area (Å²) < 4.78 is 0.211. The predicted molar refractivity (Wildman–Crippen MR) is 47.1 cm³/mol. The average Bonchev–Trinajstić information content (AvgIpc) is 1.98. The molecule has 6 nitrogen and oxygen atoms in total. The number of amides is 2. The minimum absolute atomic E-state index is 0.0238. The smallest absolute Gasteiger partial charge is 0.359 e. The lowest BCUT2D eigenvalue weighted by atomic mass is 10.5. The van der Waals surface area contributed by atoms with Gasteiger partial charge in [0, 0.05) is 7.05 Å². The zero-order valence-corrected chi connectivity index (χ0v) is 8.13. The van der Waals surface area contributed by atoms with Crippen LogP contribution in [0.4, 0.5) is 4.79 Å². The van der Waals surface area contributed by atoms with Gasteiger partial charge in [0.2, 0.25) is 0 Å². The fraction of sp³-hybridized carbons (Fsp3) is 0.714. The number of hydrogen-bond donors (Lipinski definition) is 3. The first kappa shape index (κ1) is 11.7. The quantitative estimate of drug-likeness (QED) is 0.394. The molecule has 13 heavy (non-hydrogen) atoms. The lowest BCUT2D eigenvalue weighted by molar-refractivity contribution is -0.884. The third kappa shape index (κ3) is 5.92. The van der Waals surface area contributed by atoms with E-state index >= 15 is 0 Å². The second kappa shape index (κ2) is 4.66. The van der Waals surface area contributed by atoms with E-state index in [-0.39, 0.29) is 23.7 Å². The number of carboxylic acid groups (broad SMARTS) is 1. The van der Waals surface area contributed by atoms with Crippen molar-refractivity contribution >= 4 is 12.0 Å². The highest BCUT2D eigenvalue weighted by Crippen LogP contribution is 1.92. The standard InChI is InChI=1S/C7H15N3O3/c1-8-7(13)9-5-10(2,3)4-6(11)12/h4-5H2,1-3H3,(H2-,8,9,11,12,13)/p+1. The summed E-state index contributed by atoms with van der Waals surface area (Å²) in [5.41, 5.74) is 0. The Morgan fingerprint density at radius 2 is 1.92 bits per heavy atom. The fourth-order valence-corrected chi connectivity index (χ4v) is 0.796. The van der Waals surface area contributed by atoms with E-state index in [1.807, 2.05) is 0 Å². The molecule has 0 saturated carbocycles. The lowest BCUT2D eigenvalue weighted by Crippen LogP contribution is -2.52. The molecule has 0 bridgehead atoms. The maximum Gasteiger partial charge on any atom is 0.359 e. The van der Waals surface area contributed by atoms with Crippen molar-refractivity contribution in [3.63, 3.8) is 0 Å². The average molecular weight is 190 g/mol. The van der Waals surface area contributed by atoms with Crippen molar-refractivity contribution in [3.05, 3.63) is 0 Å². The van der Waals surface area contributed by atoms with Gasteiger partial charge in [-0.05, 0) is 0 Å². The van der Waals surface area contributed by atoms with E-state index in [1.165, 1.54) is 7.05 Å². The zero-order valence-electron chi connectivity index (χ0n) is 8.13. The number of carboxylic acids is 1. The molecular weight excluding hydrogens is 174 g/mol. The van der Waals surface area contributed by atoms with Gasteiger partial charge >= 0.3 is 12.0 Å². The molecule has 3 N–H and O–H groups in total. The molecule has 0 saturated heterocycles. The summed E-state index contributed by atoms with van der Waals surface area (Å²) >= 11 is 0. The number of nitrogens with zero attached hydrogens (tertiary/aromatic N) is 1. The van der Waals surface area contributed by atoms with E-state index in [2.05, 4.69) is 10.6 Å². The van der Waals surface area contributed by atoms with Gasteiger partial charge in [-0.25, -0.2) is 9.59 Å². The minimum atomic E-state index is -0.885. The Hall–Kier alpha value is -1.30. The molecule has 0 rings (SSSR count). The molecule has 0 aliphatic rings. The summed E-state index contributed by atoms with van der Waals surface area (Å²) in [5, 5.41) is 13.4. The second-order valence-corrected chi connectivity index (χ2v) is 3.40. The van der Waals surface area contributed by atoms with Crippen LogP contribution in [0.15, 0.2) is 0 Å². The molecule has 0 unspecified atom stereocenters. The van der Waals surface area contributed by atoms with Gasteiger partial charge in [0.25, 0.3) is 0 Å². The normalized spacial score (nSPS) is 10.7. The van der Waals surface area contributed by atoms with E-state index in [1.54, 1.807) is 14.1 Å². The summed E-state index contributed by atoms with van der Waals surface area (Å²) in [5.74, 6) is -0.885. The Morgan fingerprint density at radius 3 is 2.31 bits per heavy atom. The van der Waals surface area contributed by atoms with Crippen LogP contribution >= 0.6 is 0 Å². The lowest BCUT2D eigenvalue weighted by Gasteiger charge is -2.27. The number of carbonyl (C=O) groups excluding carboxylic acids is 1. The first-order valence-electron chi connectivity index (χ1n) is 3.87. The SMILES string of the molecule is CNC(=O)NC[N+](C)(C)CC(=O)O. The number of nitrogens with one attached hydrogen (secondary N) is 2. The van der Waals surface area contributed by atoms with Crippen molar-refractivity contribution in [3.8, 4) is 0 Å². The Labute approximate surface area is 77.1 Å². The summed E-state index contributed by atoms with van der Waals surface area (Å²) in [6, 6.07) is -0.309. The first-order chi connectivity index (χ1) is 5.87. The molecule has 0 aromatic carbocycles. The minimum Gasteiger partial charge on any atom is -0.477 e. The maximum absolute atomic E-state index is 10.8. The summed E-state index contributed by atoms with van der Waals surface area (Å²) in [6.07, 6.45) is 0. The van der Waals surface area contributed by atoms with Crippen LogP contribution in [0, 0.1) is 0 Å². The molecule has 0 aliphatic carbocycles. The fourth-order valence-electron chi connectivity index (χ4n) is 0.796. The largest absolute Gasteiger partial charge is 0.477 e. The number of likely N-dealkylation sites (N-methyl/N-ethyl adjacent to an activating group) is 1. The molecule has 76 valence electrons. The summed E-state index contributed by atoms with van der Waals surface area (Å²) in [4.78, 5) is 21.1.